The Morgan fingerprint density at radius 3 is 2.69 bits per heavy atom. The van der Waals surface area contributed by atoms with Crippen molar-refractivity contribution in [3.63, 3.8) is 0 Å². The van der Waals surface area contributed by atoms with E-state index in [9.17, 15) is 4.79 Å². The molecule has 7 heteroatoms. The van der Waals surface area contributed by atoms with Gasteiger partial charge in [0, 0.05) is 38.4 Å². The van der Waals surface area contributed by atoms with Crippen LogP contribution < -0.4 is 0 Å². The highest BCUT2D eigenvalue weighted by Crippen LogP contribution is 2.46. The Balaban J connectivity index is 1.22. The molecule has 1 saturated heterocycles. The van der Waals surface area contributed by atoms with Crippen LogP contribution >= 0.6 is 0 Å². The molecule has 0 N–H and O–H groups in total. The van der Waals surface area contributed by atoms with Gasteiger partial charge in [-0.05, 0) is 43.2 Å². The molecular weight excluding hydrogens is 328 g/mol. The summed E-state index contributed by atoms with van der Waals surface area (Å²) in [6, 6.07) is 4.50. The van der Waals surface area contributed by atoms with Crippen molar-refractivity contribution in [3.8, 4) is 5.69 Å². The van der Waals surface area contributed by atoms with Gasteiger partial charge in [0.25, 0.3) is 5.91 Å². The van der Waals surface area contributed by atoms with Crippen molar-refractivity contribution in [2.75, 3.05) is 26.2 Å². The highest BCUT2D eigenvalue weighted by atomic mass is 16.2. The van der Waals surface area contributed by atoms with Crippen LogP contribution in [0.2, 0.25) is 0 Å². The number of hydrogen-bond donors (Lipinski definition) is 0. The summed E-state index contributed by atoms with van der Waals surface area (Å²) in [7, 11) is 0. The van der Waals surface area contributed by atoms with Gasteiger partial charge in [-0.2, -0.15) is 0 Å². The van der Waals surface area contributed by atoms with E-state index in [4.69, 9.17) is 0 Å². The van der Waals surface area contributed by atoms with E-state index in [1.54, 1.807) is 23.3 Å². The number of carbonyl (C=O) groups is 1. The average molecular weight is 352 g/mol. The lowest BCUT2D eigenvalue weighted by Crippen LogP contribution is -2.53. The zero-order valence-electron chi connectivity index (χ0n) is 14.9. The Morgan fingerprint density at radius 1 is 1.12 bits per heavy atom. The van der Waals surface area contributed by atoms with Gasteiger partial charge < -0.3 is 4.90 Å². The standard InChI is InChI=1S/C19H24N6O/c26-19(17-13-25(22-21-17)16-2-1-5-20-12-16)24-8-6-23(7-9-24)18-11-14-3-4-15(18)10-14/h1-2,5,12-15,18H,3-4,6-11H2/t14-,15+,18-/m1/s1. The van der Waals surface area contributed by atoms with Gasteiger partial charge in [0.2, 0.25) is 0 Å². The number of amides is 1. The smallest absolute Gasteiger partial charge is 0.276 e. The summed E-state index contributed by atoms with van der Waals surface area (Å²) in [5.74, 6) is 1.85. The summed E-state index contributed by atoms with van der Waals surface area (Å²) < 4.78 is 1.60. The van der Waals surface area contributed by atoms with E-state index >= 15 is 0 Å². The summed E-state index contributed by atoms with van der Waals surface area (Å²) in [6.07, 6.45) is 10.8. The van der Waals surface area contributed by atoms with Crippen molar-refractivity contribution in [1.29, 1.82) is 0 Å². The molecule has 136 valence electrons. The van der Waals surface area contributed by atoms with Crippen molar-refractivity contribution in [2.24, 2.45) is 11.8 Å². The molecule has 2 aliphatic carbocycles. The molecule has 2 bridgehead atoms. The van der Waals surface area contributed by atoms with E-state index in [0.717, 1.165) is 49.7 Å². The highest BCUT2D eigenvalue weighted by molar-refractivity contribution is 5.92. The first kappa shape index (κ1) is 15.9. The number of carbonyl (C=O) groups excluding carboxylic acids is 1. The molecule has 2 saturated carbocycles. The van der Waals surface area contributed by atoms with Gasteiger partial charge in [-0.3, -0.25) is 14.7 Å². The van der Waals surface area contributed by atoms with Crippen molar-refractivity contribution in [3.05, 3.63) is 36.4 Å². The number of rotatable bonds is 3. The van der Waals surface area contributed by atoms with Crippen molar-refractivity contribution >= 4 is 5.91 Å². The number of fused-ring (bicyclic) bond motifs is 2. The molecule has 0 unspecified atom stereocenters. The molecule has 0 radical (unpaired) electrons. The Bertz CT molecular complexity index is 782. The van der Waals surface area contributed by atoms with Gasteiger partial charge in [-0.25, -0.2) is 4.68 Å². The maximum Gasteiger partial charge on any atom is 0.276 e. The lowest BCUT2D eigenvalue weighted by molar-refractivity contribution is 0.0491. The van der Waals surface area contributed by atoms with E-state index in [-0.39, 0.29) is 5.91 Å². The molecule has 0 aromatic carbocycles. The summed E-state index contributed by atoms with van der Waals surface area (Å²) in [6.45, 7) is 3.53. The third-order valence-electron chi connectivity index (χ3n) is 6.39. The minimum Gasteiger partial charge on any atom is -0.335 e. The van der Waals surface area contributed by atoms with Crippen molar-refractivity contribution < 1.29 is 4.79 Å². The first-order valence-corrected chi connectivity index (χ1v) is 9.64. The summed E-state index contributed by atoms with van der Waals surface area (Å²) in [5, 5.41) is 8.15. The van der Waals surface area contributed by atoms with Gasteiger partial charge in [0.05, 0.1) is 18.1 Å². The van der Waals surface area contributed by atoms with Crippen LogP contribution in [-0.2, 0) is 0 Å². The van der Waals surface area contributed by atoms with Crippen LogP contribution in [0.5, 0.6) is 0 Å². The van der Waals surface area contributed by atoms with Gasteiger partial charge in [0.1, 0.15) is 0 Å². The van der Waals surface area contributed by atoms with Crippen LogP contribution in [0.3, 0.4) is 0 Å². The monoisotopic (exact) mass is 352 g/mol. The van der Waals surface area contributed by atoms with Crippen LogP contribution in [0.4, 0.5) is 0 Å². The maximum atomic E-state index is 12.8. The fraction of sp³-hybridized carbons (Fsp3) is 0.579. The topological polar surface area (TPSA) is 67.2 Å². The van der Waals surface area contributed by atoms with Gasteiger partial charge in [-0.15, -0.1) is 5.10 Å². The summed E-state index contributed by atoms with van der Waals surface area (Å²) in [5.41, 5.74) is 1.21. The quantitative estimate of drug-likeness (QED) is 0.840. The number of aromatic nitrogens is 4. The highest BCUT2D eigenvalue weighted by Gasteiger charge is 2.43. The van der Waals surface area contributed by atoms with Crippen molar-refractivity contribution in [2.45, 2.75) is 31.7 Å². The molecule has 2 aromatic rings. The molecule has 3 aliphatic rings. The molecular formula is C19H24N6O. The van der Waals surface area contributed by atoms with Crippen LogP contribution in [-0.4, -0.2) is 67.9 Å². The van der Waals surface area contributed by atoms with E-state index in [1.165, 1.54) is 25.7 Å². The fourth-order valence-electron chi connectivity index (χ4n) is 5.05. The predicted molar refractivity (Wildman–Crippen MR) is 95.9 cm³/mol. The number of pyridine rings is 1. The lowest BCUT2D eigenvalue weighted by Gasteiger charge is -2.40. The van der Waals surface area contributed by atoms with Gasteiger partial charge in [0.15, 0.2) is 5.69 Å². The Hall–Kier alpha value is -2.28. The lowest BCUT2D eigenvalue weighted by atomic mass is 9.93. The second kappa shape index (κ2) is 6.46. The average Bonchev–Trinajstić information content (AvgIpc) is 3.45. The Labute approximate surface area is 153 Å². The minimum absolute atomic E-state index is 0.0206. The SMILES string of the molecule is O=C(c1cn(-c2cccnc2)nn1)N1CCN([C@@H]2C[C@@H]3CC[C@H]2C3)CC1. The zero-order chi connectivity index (χ0) is 17.5. The molecule has 3 atom stereocenters. The Kier molecular flexibility index (Phi) is 3.96. The second-order valence-corrected chi connectivity index (χ2v) is 7.83. The van der Waals surface area contributed by atoms with Crippen LogP contribution in [0.15, 0.2) is 30.7 Å². The van der Waals surface area contributed by atoms with Gasteiger partial charge in [-0.1, -0.05) is 11.6 Å². The molecule has 1 aliphatic heterocycles. The third-order valence-corrected chi connectivity index (χ3v) is 6.39. The summed E-state index contributed by atoms with van der Waals surface area (Å²) >= 11 is 0. The largest absolute Gasteiger partial charge is 0.335 e. The fourth-order valence-corrected chi connectivity index (χ4v) is 5.05. The van der Waals surface area contributed by atoms with E-state index < -0.39 is 0 Å². The molecule has 7 nitrogen and oxygen atoms in total. The molecule has 1 amide bonds. The van der Waals surface area contributed by atoms with Gasteiger partial charge >= 0.3 is 0 Å². The normalized spacial score (nSPS) is 28.6. The van der Waals surface area contributed by atoms with E-state index in [0.29, 0.717) is 5.69 Å². The van der Waals surface area contributed by atoms with Crippen molar-refractivity contribution in [1.82, 2.24) is 29.8 Å². The van der Waals surface area contributed by atoms with Crippen LogP contribution in [0, 0.1) is 11.8 Å². The molecule has 2 aromatic heterocycles. The van der Waals surface area contributed by atoms with E-state index in [1.807, 2.05) is 17.0 Å². The number of nitrogens with zero attached hydrogens (tertiary/aromatic N) is 6. The number of hydrogen-bond acceptors (Lipinski definition) is 5. The van der Waals surface area contributed by atoms with Crippen LogP contribution in [0.25, 0.3) is 5.69 Å². The summed E-state index contributed by atoms with van der Waals surface area (Å²) in [4.78, 5) is 21.4. The molecule has 3 fully saturated rings. The molecule has 0 spiro atoms. The maximum absolute atomic E-state index is 12.8. The van der Waals surface area contributed by atoms with E-state index in [2.05, 4.69) is 20.2 Å². The first-order valence-electron chi connectivity index (χ1n) is 9.64. The zero-order valence-corrected chi connectivity index (χ0v) is 14.9. The molecule has 5 rings (SSSR count). The van der Waals surface area contributed by atoms with Crippen LogP contribution in [0.1, 0.15) is 36.2 Å². The second-order valence-electron chi connectivity index (χ2n) is 7.83. The minimum atomic E-state index is -0.0206. The molecule has 3 heterocycles. The Morgan fingerprint density at radius 2 is 2.00 bits per heavy atom. The predicted octanol–water partition coefficient (Wildman–Crippen LogP) is 1.61. The first-order chi connectivity index (χ1) is 12.8. The third kappa shape index (κ3) is 2.80. The number of piperazine rings is 1. The molecule has 26 heavy (non-hydrogen) atoms.